The molecule has 0 spiro atoms. The van der Waals surface area contributed by atoms with Gasteiger partial charge in [-0.1, -0.05) is 0 Å². The number of carbonyl (C=O) groups excluding carboxylic acids is 1. The van der Waals surface area contributed by atoms with Crippen LogP contribution in [0.2, 0.25) is 0 Å². The highest BCUT2D eigenvalue weighted by atomic mass is 16.6. The smallest absolute Gasteiger partial charge is 0.287 e. The van der Waals surface area contributed by atoms with E-state index in [1.807, 2.05) is 0 Å². The van der Waals surface area contributed by atoms with Crippen LogP contribution in [-0.4, -0.2) is 42.6 Å². The standard InChI is InChI=1S/C10H14N4O4/c1-18-5-4-11-10(15)7-13-9-3-2-8(6-12-9)14(16)17/h2-3,6H,4-5,7H2,1H3,(H,11,15)(H,12,13). The Morgan fingerprint density at radius 1 is 1.56 bits per heavy atom. The zero-order valence-electron chi connectivity index (χ0n) is 9.88. The van der Waals surface area contributed by atoms with Gasteiger partial charge in [0, 0.05) is 19.7 Å². The molecule has 1 amide bonds. The number of nitro groups is 1. The summed E-state index contributed by atoms with van der Waals surface area (Å²) in [6.45, 7) is 0.931. The minimum absolute atomic E-state index is 0.0501. The van der Waals surface area contributed by atoms with Gasteiger partial charge >= 0.3 is 0 Å². The largest absolute Gasteiger partial charge is 0.383 e. The first-order valence-electron chi connectivity index (χ1n) is 5.23. The van der Waals surface area contributed by atoms with Gasteiger partial charge in [-0.2, -0.15) is 0 Å². The number of nitrogens with zero attached hydrogens (tertiary/aromatic N) is 2. The van der Waals surface area contributed by atoms with E-state index in [0.717, 1.165) is 6.20 Å². The number of nitrogens with one attached hydrogen (secondary N) is 2. The van der Waals surface area contributed by atoms with Gasteiger partial charge in [0.15, 0.2) is 0 Å². The third-order valence-electron chi connectivity index (χ3n) is 2.02. The fourth-order valence-electron chi connectivity index (χ4n) is 1.12. The Kier molecular flexibility index (Phi) is 5.52. The van der Waals surface area contributed by atoms with Crippen LogP contribution in [0.4, 0.5) is 11.5 Å². The van der Waals surface area contributed by atoms with Crippen molar-refractivity contribution in [1.29, 1.82) is 0 Å². The van der Waals surface area contributed by atoms with E-state index in [1.54, 1.807) is 7.11 Å². The zero-order chi connectivity index (χ0) is 13.4. The zero-order valence-corrected chi connectivity index (χ0v) is 9.88. The number of ether oxygens (including phenoxy) is 1. The van der Waals surface area contributed by atoms with Crippen molar-refractivity contribution in [3.05, 3.63) is 28.4 Å². The molecular weight excluding hydrogens is 240 g/mol. The van der Waals surface area contributed by atoms with Crippen molar-refractivity contribution >= 4 is 17.4 Å². The Balaban J connectivity index is 2.34. The number of hydrogen-bond acceptors (Lipinski definition) is 6. The van der Waals surface area contributed by atoms with Gasteiger partial charge in [-0.25, -0.2) is 4.98 Å². The molecule has 8 nitrogen and oxygen atoms in total. The third-order valence-corrected chi connectivity index (χ3v) is 2.02. The van der Waals surface area contributed by atoms with Gasteiger partial charge in [-0.15, -0.1) is 0 Å². The van der Waals surface area contributed by atoms with E-state index >= 15 is 0 Å². The lowest BCUT2D eigenvalue weighted by Crippen LogP contribution is -2.32. The van der Waals surface area contributed by atoms with Crippen LogP contribution in [0.1, 0.15) is 0 Å². The van der Waals surface area contributed by atoms with Gasteiger partial charge < -0.3 is 15.4 Å². The third kappa shape index (κ3) is 4.74. The van der Waals surface area contributed by atoms with E-state index in [-0.39, 0.29) is 18.1 Å². The molecule has 1 rings (SSSR count). The van der Waals surface area contributed by atoms with Crippen molar-refractivity contribution in [1.82, 2.24) is 10.3 Å². The lowest BCUT2D eigenvalue weighted by Gasteiger charge is -2.06. The summed E-state index contributed by atoms with van der Waals surface area (Å²) in [5.74, 6) is 0.203. The van der Waals surface area contributed by atoms with Gasteiger partial charge in [0.2, 0.25) is 5.91 Å². The number of hydrogen-bond donors (Lipinski definition) is 2. The summed E-state index contributed by atoms with van der Waals surface area (Å²) < 4.78 is 4.78. The van der Waals surface area contributed by atoms with Gasteiger partial charge in [0.25, 0.3) is 5.69 Å². The van der Waals surface area contributed by atoms with E-state index in [9.17, 15) is 14.9 Å². The van der Waals surface area contributed by atoms with E-state index < -0.39 is 4.92 Å². The summed E-state index contributed by atoms with van der Waals surface area (Å²) in [5.41, 5.74) is -0.0925. The Bertz CT molecular complexity index is 407. The van der Waals surface area contributed by atoms with Gasteiger partial charge in [-0.05, 0) is 6.07 Å². The Morgan fingerprint density at radius 3 is 2.89 bits per heavy atom. The average Bonchev–Trinajstić information content (AvgIpc) is 2.37. The topological polar surface area (TPSA) is 106 Å². The average molecular weight is 254 g/mol. The highest BCUT2D eigenvalue weighted by Crippen LogP contribution is 2.11. The second-order valence-corrected chi connectivity index (χ2v) is 3.36. The molecule has 0 bridgehead atoms. The van der Waals surface area contributed by atoms with Crippen molar-refractivity contribution in [2.45, 2.75) is 0 Å². The molecule has 98 valence electrons. The minimum atomic E-state index is -0.533. The predicted molar refractivity (Wildman–Crippen MR) is 64.3 cm³/mol. The maximum absolute atomic E-state index is 11.3. The molecule has 0 saturated carbocycles. The summed E-state index contributed by atoms with van der Waals surface area (Å²) in [4.78, 5) is 25.0. The van der Waals surface area contributed by atoms with E-state index in [1.165, 1.54) is 12.1 Å². The monoisotopic (exact) mass is 254 g/mol. The van der Waals surface area contributed by atoms with Crippen molar-refractivity contribution in [3.8, 4) is 0 Å². The molecule has 1 heterocycles. The van der Waals surface area contributed by atoms with E-state index in [2.05, 4.69) is 15.6 Å². The van der Waals surface area contributed by atoms with Gasteiger partial charge in [0.05, 0.1) is 18.1 Å². The maximum Gasteiger partial charge on any atom is 0.287 e. The van der Waals surface area contributed by atoms with Crippen molar-refractivity contribution < 1.29 is 14.5 Å². The number of pyridine rings is 1. The first-order valence-corrected chi connectivity index (χ1v) is 5.23. The molecule has 0 aliphatic heterocycles. The number of aromatic nitrogens is 1. The molecule has 2 N–H and O–H groups in total. The summed E-state index contributed by atoms with van der Waals surface area (Å²) >= 11 is 0. The SMILES string of the molecule is COCCNC(=O)CNc1ccc([N+](=O)[O-])cn1. The molecule has 0 fully saturated rings. The molecule has 0 unspecified atom stereocenters. The summed E-state index contributed by atoms with van der Waals surface area (Å²) in [6, 6.07) is 2.76. The van der Waals surface area contributed by atoms with Crippen LogP contribution in [0.3, 0.4) is 0 Å². The van der Waals surface area contributed by atoms with Crippen LogP contribution in [-0.2, 0) is 9.53 Å². The molecule has 1 aromatic rings. The first kappa shape index (κ1) is 13.8. The number of methoxy groups -OCH3 is 1. The van der Waals surface area contributed by atoms with Crippen LogP contribution in [0.15, 0.2) is 18.3 Å². The fourth-order valence-corrected chi connectivity index (χ4v) is 1.12. The molecule has 0 radical (unpaired) electrons. The molecule has 0 aliphatic rings. The first-order chi connectivity index (χ1) is 8.63. The minimum Gasteiger partial charge on any atom is -0.383 e. The van der Waals surface area contributed by atoms with E-state index in [4.69, 9.17) is 4.74 Å². The molecule has 0 atom stereocenters. The molecule has 0 saturated heterocycles. The van der Waals surface area contributed by atoms with Crippen LogP contribution < -0.4 is 10.6 Å². The maximum atomic E-state index is 11.3. The number of rotatable bonds is 7. The fraction of sp³-hybridized carbons (Fsp3) is 0.400. The van der Waals surface area contributed by atoms with Crippen LogP contribution in [0.5, 0.6) is 0 Å². The van der Waals surface area contributed by atoms with E-state index in [0.29, 0.717) is 19.0 Å². The predicted octanol–water partition coefficient (Wildman–Crippen LogP) is 0.164. The molecule has 8 heteroatoms. The van der Waals surface area contributed by atoms with Gasteiger partial charge in [-0.3, -0.25) is 14.9 Å². The van der Waals surface area contributed by atoms with Gasteiger partial charge in [0.1, 0.15) is 12.0 Å². The molecular formula is C10H14N4O4. The van der Waals surface area contributed by atoms with Crippen molar-refractivity contribution in [2.24, 2.45) is 0 Å². The van der Waals surface area contributed by atoms with Crippen molar-refractivity contribution in [3.63, 3.8) is 0 Å². The highest BCUT2D eigenvalue weighted by Gasteiger charge is 2.06. The highest BCUT2D eigenvalue weighted by molar-refractivity contribution is 5.80. The Morgan fingerprint density at radius 2 is 2.33 bits per heavy atom. The quantitative estimate of drug-likeness (QED) is 0.408. The van der Waals surface area contributed by atoms with Crippen LogP contribution >= 0.6 is 0 Å². The van der Waals surface area contributed by atoms with Crippen molar-refractivity contribution in [2.75, 3.05) is 32.1 Å². The second-order valence-electron chi connectivity index (χ2n) is 3.36. The molecule has 0 aromatic carbocycles. The second kappa shape index (κ2) is 7.17. The Hall–Kier alpha value is -2.22. The molecule has 0 aliphatic carbocycles. The normalized spacial score (nSPS) is 9.83. The summed E-state index contributed by atoms with van der Waals surface area (Å²) in [7, 11) is 1.55. The Labute approximate surface area is 104 Å². The summed E-state index contributed by atoms with van der Waals surface area (Å²) in [6.07, 6.45) is 1.13. The lowest BCUT2D eigenvalue weighted by molar-refractivity contribution is -0.385. The summed E-state index contributed by atoms with van der Waals surface area (Å²) in [5, 5.41) is 15.8. The number of amides is 1. The molecule has 1 aromatic heterocycles. The number of carbonyl (C=O) groups is 1. The molecule has 18 heavy (non-hydrogen) atoms. The van der Waals surface area contributed by atoms with Crippen LogP contribution in [0.25, 0.3) is 0 Å². The lowest BCUT2D eigenvalue weighted by atomic mass is 10.4. The van der Waals surface area contributed by atoms with Crippen LogP contribution in [0, 0.1) is 10.1 Å². The number of anilines is 1.